The van der Waals surface area contributed by atoms with Crippen molar-refractivity contribution in [2.24, 2.45) is 0 Å². The van der Waals surface area contributed by atoms with E-state index >= 15 is 0 Å². The third-order valence-corrected chi connectivity index (χ3v) is 8.41. The van der Waals surface area contributed by atoms with Crippen LogP contribution in [0.5, 0.6) is 5.75 Å². The summed E-state index contributed by atoms with van der Waals surface area (Å²) in [6.45, 7) is 7.26. The van der Waals surface area contributed by atoms with Crippen LogP contribution in [0.2, 0.25) is 0 Å². The highest BCUT2D eigenvalue weighted by molar-refractivity contribution is 7.92. The summed E-state index contributed by atoms with van der Waals surface area (Å²) in [4.78, 5) is 29.5. The first-order chi connectivity index (χ1) is 19.4. The summed E-state index contributed by atoms with van der Waals surface area (Å²) in [6.07, 6.45) is 2.08. The monoisotopic (exact) mass is 579 g/mol. The lowest BCUT2D eigenvalue weighted by atomic mass is 10.0. The third kappa shape index (κ3) is 8.57. The fourth-order valence-electron chi connectivity index (χ4n) is 4.56. The highest BCUT2D eigenvalue weighted by Crippen LogP contribution is 2.26. The molecule has 2 atom stereocenters. The third-order valence-electron chi connectivity index (χ3n) is 7.28. The summed E-state index contributed by atoms with van der Waals surface area (Å²) >= 11 is 0. The average Bonchev–Trinajstić information content (AvgIpc) is 2.95. The van der Waals surface area contributed by atoms with Gasteiger partial charge in [0.05, 0.1) is 19.1 Å². The van der Waals surface area contributed by atoms with Crippen molar-refractivity contribution in [1.29, 1.82) is 0 Å². The number of amides is 2. The molecular weight excluding hydrogens is 538 g/mol. The number of carbonyl (C=O) groups is 2. The van der Waals surface area contributed by atoms with E-state index in [-0.39, 0.29) is 24.9 Å². The van der Waals surface area contributed by atoms with E-state index in [1.807, 2.05) is 82.3 Å². The zero-order valence-electron chi connectivity index (χ0n) is 24.8. The minimum atomic E-state index is -3.83. The number of benzene rings is 3. The summed E-state index contributed by atoms with van der Waals surface area (Å²) in [5.74, 6) is -0.164. The molecule has 220 valence electrons. The Labute approximate surface area is 244 Å². The molecule has 0 aliphatic heterocycles. The number of ether oxygens (including phenoxy) is 1. The molecule has 0 aliphatic carbocycles. The zero-order chi connectivity index (χ0) is 30.2. The summed E-state index contributed by atoms with van der Waals surface area (Å²) in [5, 5.41) is 3.04. The number of hydrogen-bond acceptors (Lipinski definition) is 5. The van der Waals surface area contributed by atoms with Crippen LogP contribution in [0.25, 0.3) is 0 Å². The van der Waals surface area contributed by atoms with E-state index in [2.05, 4.69) is 5.32 Å². The van der Waals surface area contributed by atoms with Crippen molar-refractivity contribution in [3.05, 3.63) is 95.1 Å². The van der Waals surface area contributed by atoms with Crippen molar-refractivity contribution in [3.63, 3.8) is 0 Å². The van der Waals surface area contributed by atoms with Gasteiger partial charge in [-0.05, 0) is 67.6 Å². The molecule has 0 fully saturated rings. The first kappa shape index (κ1) is 31.7. The first-order valence-electron chi connectivity index (χ1n) is 13.7. The molecular formula is C32H41N3O5S. The van der Waals surface area contributed by atoms with Gasteiger partial charge in [-0.25, -0.2) is 8.42 Å². The van der Waals surface area contributed by atoms with Gasteiger partial charge in [-0.3, -0.25) is 13.9 Å². The minimum absolute atomic E-state index is 0.0891. The van der Waals surface area contributed by atoms with E-state index in [9.17, 15) is 18.0 Å². The van der Waals surface area contributed by atoms with Gasteiger partial charge in [0.2, 0.25) is 21.8 Å². The van der Waals surface area contributed by atoms with Gasteiger partial charge >= 0.3 is 0 Å². The highest BCUT2D eigenvalue weighted by atomic mass is 32.2. The molecule has 3 aromatic carbocycles. The number of nitrogens with zero attached hydrogens (tertiary/aromatic N) is 2. The van der Waals surface area contributed by atoms with E-state index in [1.165, 1.54) is 4.90 Å². The molecule has 0 unspecified atom stereocenters. The molecule has 0 saturated carbocycles. The van der Waals surface area contributed by atoms with Gasteiger partial charge in [-0.15, -0.1) is 0 Å². The Hall–Kier alpha value is -3.85. The molecule has 41 heavy (non-hydrogen) atoms. The largest absolute Gasteiger partial charge is 0.497 e. The molecule has 0 aromatic heterocycles. The maximum atomic E-state index is 14.2. The Balaban J connectivity index is 2.10. The quantitative estimate of drug-likeness (QED) is 0.319. The van der Waals surface area contributed by atoms with Crippen molar-refractivity contribution < 1.29 is 22.7 Å². The zero-order valence-corrected chi connectivity index (χ0v) is 25.6. The van der Waals surface area contributed by atoms with Crippen LogP contribution in [0, 0.1) is 13.8 Å². The van der Waals surface area contributed by atoms with Gasteiger partial charge in [0.15, 0.2) is 0 Å². The summed E-state index contributed by atoms with van der Waals surface area (Å²) in [7, 11) is -2.27. The van der Waals surface area contributed by atoms with Gasteiger partial charge in [0.1, 0.15) is 18.3 Å². The number of carbonyl (C=O) groups excluding carboxylic acids is 2. The number of hydrogen-bond donors (Lipinski definition) is 1. The van der Waals surface area contributed by atoms with Crippen LogP contribution in [-0.2, 0) is 32.6 Å². The van der Waals surface area contributed by atoms with Crippen LogP contribution in [0.1, 0.15) is 42.5 Å². The topological polar surface area (TPSA) is 96.0 Å². The second kappa shape index (κ2) is 14.2. The van der Waals surface area contributed by atoms with Crippen molar-refractivity contribution in [3.8, 4) is 5.75 Å². The van der Waals surface area contributed by atoms with Crippen molar-refractivity contribution in [2.45, 2.75) is 59.2 Å². The first-order valence-corrected chi connectivity index (χ1v) is 15.6. The maximum Gasteiger partial charge on any atom is 0.244 e. The molecule has 3 aromatic rings. The standard InChI is InChI=1S/C32H41N3O5S/c1-7-24(3)33-32(37)30(20-26-14-9-8-10-15-26)34(21-27-16-12-17-28(19-27)40-5)31(36)22-35(41(6,38)39)29-18-11-13-23(2)25(29)4/h8-19,24,30H,7,20-22H2,1-6H3,(H,33,37)/t24-,30-/m1/s1. The van der Waals surface area contributed by atoms with E-state index < -0.39 is 28.5 Å². The molecule has 1 N–H and O–H groups in total. The van der Waals surface area contributed by atoms with Gasteiger partial charge in [-0.1, -0.05) is 61.5 Å². The van der Waals surface area contributed by atoms with Crippen molar-refractivity contribution >= 4 is 27.5 Å². The molecule has 0 saturated heterocycles. The summed E-state index contributed by atoms with van der Waals surface area (Å²) < 4.78 is 32.6. The van der Waals surface area contributed by atoms with Crippen LogP contribution in [0.3, 0.4) is 0 Å². The van der Waals surface area contributed by atoms with Crippen LogP contribution >= 0.6 is 0 Å². The van der Waals surface area contributed by atoms with E-state index in [4.69, 9.17) is 4.74 Å². The molecule has 2 amide bonds. The minimum Gasteiger partial charge on any atom is -0.497 e. The molecule has 0 bridgehead atoms. The fraction of sp³-hybridized carbons (Fsp3) is 0.375. The van der Waals surface area contributed by atoms with Crippen molar-refractivity contribution in [2.75, 3.05) is 24.2 Å². The number of anilines is 1. The van der Waals surface area contributed by atoms with Crippen LogP contribution in [0.4, 0.5) is 5.69 Å². The Morgan fingerprint density at radius 2 is 1.61 bits per heavy atom. The smallest absolute Gasteiger partial charge is 0.244 e. The Morgan fingerprint density at radius 3 is 2.24 bits per heavy atom. The Morgan fingerprint density at radius 1 is 0.951 bits per heavy atom. The number of rotatable bonds is 13. The summed E-state index contributed by atoms with van der Waals surface area (Å²) in [5.41, 5.74) is 3.75. The maximum absolute atomic E-state index is 14.2. The number of aryl methyl sites for hydroxylation is 1. The lowest BCUT2D eigenvalue weighted by Gasteiger charge is -2.34. The molecule has 9 heteroatoms. The van der Waals surface area contributed by atoms with Crippen LogP contribution in [-0.4, -0.2) is 57.1 Å². The SMILES string of the molecule is CC[C@@H](C)NC(=O)[C@@H](Cc1ccccc1)N(Cc1cccc(OC)c1)C(=O)CN(c1cccc(C)c1C)S(C)(=O)=O. The molecule has 0 aliphatic rings. The number of nitrogens with one attached hydrogen (secondary N) is 1. The van der Waals surface area contributed by atoms with Gasteiger partial charge in [0.25, 0.3) is 0 Å². The van der Waals surface area contributed by atoms with Crippen LogP contribution < -0.4 is 14.4 Å². The van der Waals surface area contributed by atoms with Gasteiger partial charge in [0, 0.05) is 19.0 Å². The van der Waals surface area contributed by atoms with Gasteiger partial charge in [-0.2, -0.15) is 0 Å². The number of sulfonamides is 1. The van der Waals surface area contributed by atoms with E-state index in [0.717, 1.165) is 39.2 Å². The lowest BCUT2D eigenvalue weighted by molar-refractivity contribution is -0.140. The van der Waals surface area contributed by atoms with Crippen LogP contribution in [0.15, 0.2) is 72.8 Å². The van der Waals surface area contributed by atoms with Crippen molar-refractivity contribution in [1.82, 2.24) is 10.2 Å². The predicted octanol–water partition coefficient (Wildman–Crippen LogP) is 4.63. The van der Waals surface area contributed by atoms with E-state index in [0.29, 0.717) is 11.4 Å². The normalized spacial score (nSPS) is 12.7. The highest BCUT2D eigenvalue weighted by Gasteiger charge is 2.33. The number of methoxy groups -OCH3 is 1. The fourth-order valence-corrected chi connectivity index (χ4v) is 5.46. The predicted molar refractivity (Wildman–Crippen MR) is 163 cm³/mol. The molecule has 0 spiro atoms. The Bertz CT molecular complexity index is 1440. The van der Waals surface area contributed by atoms with Gasteiger partial charge < -0.3 is 15.0 Å². The second-order valence-corrected chi connectivity index (χ2v) is 12.3. The second-order valence-electron chi connectivity index (χ2n) is 10.4. The molecule has 0 radical (unpaired) electrons. The molecule has 8 nitrogen and oxygen atoms in total. The lowest BCUT2D eigenvalue weighted by Crippen LogP contribution is -2.54. The Kier molecular flexibility index (Phi) is 10.9. The molecule has 0 heterocycles. The average molecular weight is 580 g/mol. The summed E-state index contributed by atoms with van der Waals surface area (Å²) in [6, 6.07) is 21.2. The molecule has 3 rings (SSSR count). The van der Waals surface area contributed by atoms with E-state index in [1.54, 1.807) is 25.3 Å².